The molecule has 0 aromatic heterocycles. The molecule has 0 bridgehead atoms. The van der Waals surface area contributed by atoms with Crippen LogP contribution in [0.1, 0.15) is 5.56 Å². The highest BCUT2D eigenvalue weighted by atomic mass is 35.5. The van der Waals surface area contributed by atoms with E-state index in [9.17, 15) is 0 Å². The standard InChI is InChI=1S/C10H11ClN2O/c1-13(5-6-14)10-8(7-12)3-2-4-9(10)11/h2-4,14H,5-6H2,1H3. The molecule has 0 amide bonds. The van der Waals surface area contributed by atoms with Gasteiger partial charge in [0, 0.05) is 13.6 Å². The van der Waals surface area contributed by atoms with Crippen molar-refractivity contribution in [1.29, 1.82) is 5.26 Å². The Hall–Kier alpha value is -1.24. The van der Waals surface area contributed by atoms with Crippen LogP contribution in [0.2, 0.25) is 5.02 Å². The van der Waals surface area contributed by atoms with Crippen molar-refractivity contribution in [3.63, 3.8) is 0 Å². The SMILES string of the molecule is CN(CCO)c1c(Cl)cccc1C#N. The first kappa shape index (κ1) is 10.8. The first-order valence-corrected chi connectivity index (χ1v) is 4.59. The summed E-state index contributed by atoms with van der Waals surface area (Å²) in [5.41, 5.74) is 1.19. The number of nitriles is 1. The quantitative estimate of drug-likeness (QED) is 0.825. The van der Waals surface area contributed by atoms with Crippen molar-refractivity contribution in [3.05, 3.63) is 28.8 Å². The van der Waals surface area contributed by atoms with Crippen molar-refractivity contribution in [1.82, 2.24) is 0 Å². The van der Waals surface area contributed by atoms with Crippen LogP contribution in [0.5, 0.6) is 0 Å². The van der Waals surface area contributed by atoms with Gasteiger partial charge in [-0.2, -0.15) is 5.26 Å². The van der Waals surface area contributed by atoms with Crippen LogP contribution >= 0.6 is 11.6 Å². The summed E-state index contributed by atoms with van der Waals surface area (Å²) in [5.74, 6) is 0. The minimum Gasteiger partial charge on any atom is -0.395 e. The monoisotopic (exact) mass is 210 g/mol. The van der Waals surface area contributed by atoms with E-state index in [1.165, 1.54) is 0 Å². The normalized spacial score (nSPS) is 9.57. The molecule has 74 valence electrons. The first-order valence-electron chi connectivity index (χ1n) is 4.21. The molecular weight excluding hydrogens is 200 g/mol. The highest BCUT2D eigenvalue weighted by Gasteiger charge is 2.10. The average molecular weight is 211 g/mol. The number of likely N-dealkylation sites (N-methyl/N-ethyl adjacent to an activating group) is 1. The van der Waals surface area contributed by atoms with Gasteiger partial charge in [-0.05, 0) is 12.1 Å². The Kier molecular flexibility index (Phi) is 3.75. The van der Waals surface area contributed by atoms with Gasteiger partial charge in [-0.1, -0.05) is 17.7 Å². The van der Waals surface area contributed by atoms with Gasteiger partial charge in [-0.15, -0.1) is 0 Å². The van der Waals surface area contributed by atoms with Gasteiger partial charge in [-0.3, -0.25) is 0 Å². The second-order valence-electron chi connectivity index (χ2n) is 2.89. The topological polar surface area (TPSA) is 47.3 Å². The molecule has 0 aliphatic rings. The van der Waals surface area contributed by atoms with Gasteiger partial charge in [0.2, 0.25) is 0 Å². The predicted molar refractivity (Wildman–Crippen MR) is 56.5 cm³/mol. The number of nitrogens with zero attached hydrogens (tertiary/aromatic N) is 2. The number of rotatable bonds is 3. The second-order valence-corrected chi connectivity index (χ2v) is 3.30. The molecule has 0 aliphatic carbocycles. The molecule has 3 nitrogen and oxygen atoms in total. The molecule has 1 N–H and O–H groups in total. The van der Waals surface area contributed by atoms with Crippen molar-refractivity contribution in [2.45, 2.75) is 0 Å². The highest BCUT2D eigenvalue weighted by Crippen LogP contribution is 2.28. The average Bonchev–Trinajstić information content (AvgIpc) is 2.17. The van der Waals surface area contributed by atoms with Crippen LogP contribution in [0.25, 0.3) is 0 Å². The van der Waals surface area contributed by atoms with Gasteiger partial charge in [0.15, 0.2) is 0 Å². The Bertz CT molecular complexity index is 360. The fraction of sp³-hybridized carbons (Fsp3) is 0.300. The van der Waals surface area contributed by atoms with E-state index >= 15 is 0 Å². The lowest BCUT2D eigenvalue weighted by molar-refractivity contribution is 0.304. The van der Waals surface area contributed by atoms with Gasteiger partial charge in [0.25, 0.3) is 0 Å². The molecule has 14 heavy (non-hydrogen) atoms. The number of hydrogen-bond donors (Lipinski definition) is 1. The molecule has 0 spiro atoms. The third-order valence-corrected chi connectivity index (χ3v) is 2.23. The van der Waals surface area contributed by atoms with Crippen LogP contribution in [0.15, 0.2) is 18.2 Å². The maximum absolute atomic E-state index is 8.86. The van der Waals surface area contributed by atoms with E-state index in [0.717, 1.165) is 0 Å². The van der Waals surface area contributed by atoms with Crippen molar-refractivity contribution in [3.8, 4) is 6.07 Å². The van der Waals surface area contributed by atoms with Crippen molar-refractivity contribution in [2.75, 3.05) is 25.1 Å². The molecule has 0 saturated heterocycles. The molecule has 1 aromatic carbocycles. The Morgan fingerprint density at radius 1 is 1.57 bits per heavy atom. The summed E-state index contributed by atoms with van der Waals surface area (Å²) in [4.78, 5) is 1.76. The molecule has 0 fully saturated rings. The summed E-state index contributed by atoms with van der Waals surface area (Å²) in [6.45, 7) is 0.491. The Morgan fingerprint density at radius 3 is 2.86 bits per heavy atom. The van der Waals surface area contributed by atoms with Gasteiger partial charge >= 0.3 is 0 Å². The number of hydrogen-bond acceptors (Lipinski definition) is 3. The van der Waals surface area contributed by atoms with E-state index in [0.29, 0.717) is 22.8 Å². The zero-order chi connectivity index (χ0) is 10.6. The summed E-state index contributed by atoms with van der Waals surface area (Å²) in [7, 11) is 1.79. The van der Waals surface area contributed by atoms with E-state index in [2.05, 4.69) is 6.07 Å². The smallest absolute Gasteiger partial charge is 0.101 e. The molecule has 0 atom stereocenters. The Labute approximate surface area is 88.1 Å². The van der Waals surface area contributed by atoms with Crippen LogP contribution in [0, 0.1) is 11.3 Å². The van der Waals surface area contributed by atoms with E-state index in [4.69, 9.17) is 22.0 Å². The Balaban J connectivity index is 3.11. The maximum Gasteiger partial charge on any atom is 0.101 e. The van der Waals surface area contributed by atoms with Crippen LogP contribution < -0.4 is 4.90 Å². The third-order valence-electron chi connectivity index (χ3n) is 1.92. The Morgan fingerprint density at radius 2 is 2.29 bits per heavy atom. The van der Waals surface area contributed by atoms with Crippen molar-refractivity contribution in [2.24, 2.45) is 0 Å². The minimum atomic E-state index is 0.0343. The fourth-order valence-corrected chi connectivity index (χ4v) is 1.57. The van der Waals surface area contributed by atoms with E-state index in [1.807, 2.05) is 0 Å². The lowest BCUT2D eigenvalue weighted by Crippen LogP contribution is -2.22. The largest absolute Gasteiger partial charge is 0.395 e. The van der Waals surface area contributed by atoms with Gasteiger partial charge in [-0.25, -0.2) is 0 Å². The number of halogens is 1. The third kappa shape index (κ3) is 2.16. The summed E-state index contributed by atoms with van der Waals surface area (Å²) in [6, 6.07) is 7.23. The lowest BCUT2D eigenvalue weighted by atomic mass is 10.2. The van der Waals surface area contributed by atoms with Crippen molar-refractivity contribution >= 4 is 17.3 Å². The van der Waals surface area contributed by atoms with E-state index in [-0.39, 0.29) is 6.61 Å². The lowest BCUT2D eigenvalue weighted by Gasteiger charge is -2.20. The first-order chi connectivity index (χ1) is 6.70. The molecule has 0 heterocycles. The summed E-state index contributed by atoms with van der Waals surface area (Å²) >= 11 is 5.96. The van der Waals surface area contributed by atoms with Crippen LogP contribution in [0.3, 0.4) is 0 Å². The maximum atomic E-state index is 8.86. The number of aliphatic hydroxyl groups is 1. The molecule has 0 aliphatic heterocycles. The molecule has 0 radical (unpaired) electrons. The zero-order valence-corrected chi connectivity index (χ0v) is 8.62. The number of para-hydroxylation sites is 1. The molecule has 0 saturated carbocycles. The number of anilines is 1. The molecule has 0 unspecified atom stereocenters. The predicted octanol–water partition coefficient (Wildman–Crippen LogP) is 1.64. The molecule has 4 heteroatoms. The van der Waals surface area contributed by atoms with Crippen molar-refractivity contribution < 1.29 is 5.11 Å². The van der Waals surface area contributed by atoms with Crippen LogP contribution in [-0.4, -0.2) is 25.3 Å². The number of benzene rings is 1. The number of aliphatic hydroxyl groups excluding tert-OH is 1. The van der Waals surface area contributed by atoms with E-state index in [1.54, 1.807) is 30.1 Å². The minimum absolute atomic E-state index is 0.0343. The summed E-state index contributed by atoms with van der Waals surface area (Å²) in [6.07, 6.45) is 0. The summed E-state index contributed by atoms with van der Waals surface area (Å²) < 4.78 is 0. The second kappa shape index (κ2) is 4.85. The van der Waals surface area contributed by atoms with Gasteiger partial charge in [0.05, 0.1) is 22.9 Å². The van der Waals surface area contributed by atoms with E-state index < -0.39 is 0 Å². The van der Waals surface area contributed by atoms with Crippen LogP contribution in [0.4, 0.5) is 5.69 Å². The molecule has 1 rings (SSSR count). The fourth-order valence-electron chi connectivity index (χ4n) is 1.26. The van der Waals surface area contributed by atoms with Gasteiger partial charge in [0.1, 0.15) is 6.07 Å². The zero-order valence-electron chi connectivity index (χ0n) is 7.87. The summed E-state index contributed by atoms with van der Waals surface area (Å²) in [5, 5.41) is 18.2. The molecule has 1 aromatic rings. The highest BCUT2D eigenvalue weighted by molar-refractivity contribution is 6.33. The molecular formula is C10H11ClN2O. The van der Waals surface area contributed by atoms with Gasteiger partial charge < -0.3 is 10.0 Å². The van der Waals surface area contributed by atoms with Crippen LogP contribution in [-0.2, 0) is 0 Å².